The van der Waals surface area contributed by atoms with Gasteiger partial charge >= 0.3 is 0 Å². The fourth-order valence-electron chi connectivity index (χ4n) is 2.22. The molecule has 2 aromatic carbocycles. The van der Waals surface area contributed by atoms with E-state index in [2.05, 4.69) is 0 Å². The lowest BCUT2D eigenvalue weighted by Gasteiger charge is -2.06. The minimum absolute atomic E-state index is 0.0662. The maximum Gasteiger partial charge on any atom is 0.124 e. The summed E-state index contributed by atoms with van der Waals surface area (Å²) in [6.45, 7) is 3.52. The molecule has 0 saturated carbocycles. The zero-order valence-electron chi connectivity index (χ0n) is 14.4. The predicted molar refractivity (Wildman–Crippen MR) is 91.8 cm³/mol. The summed E-state index contributed by atoms with van der Waals surface area (Å²) >= 11 is 0. The van der Waals surface area contributed by atoms with Crippen LogP contribution in [0.25, 0.3) is 0 Å². The highest BCUT2D eigenvalue weighted by atomic mass is 16.5. The van der Waals surface area contributed by atoms with Crippen molar-refractivity contribution in [3.8, 4) is 23.6 Å². The van der Waals surface area contributed by atoms with Crippen molar-refractivity contribution in [3.63, 3.8) is 0 Å². The number of rotatable bonds is 3. The average molecular weight is 340 g/mol. The summed E-state index contributed by atoms with van der Waals surface area (Å²) in [6, 6.07) is 10.3. The van der Waals surface area contributed by atoms with Crippen LogP contribution in [0.3, 0.4) is 0 Å². The Labute approximate surface area is 146 Å². The molecule has 0 atom stereocenters. The summed E-state index contributed by atoms with van der Waals surface area (Å²) in [7, 11) is 1.55. The zero-order chi connectivity index (χ0) is 19.0. The highest BCUT2D eigenvalue weighted by Gasteiger charge is 2.06. The van der Waals surface area contributed by atoms with Gasteiger partial charge in [-0.1, -0.05) is 0 Å². The number of aliphatic hydroxyl groups is 1. The van der Waals surface area contributed by atoms with Crippen molar-refractivity contribution in [2.45, 2.75) is 27.1 Å². The number of nitriles is 2. The molecule has 130 valence electrons. The molecule has 0 radical (unpaired) electrons. The molecule has 25 heavy (non-hydrogen) atoms. The van der Waals surface area contributed by atoms with E-state index in [9.17, 15) is 10.2 Å². The number of phenolic OH excluding ortho intramolecular Hbond substituents is 1. The van der Waals surface area contributed by atoms with Gasteiger partial charge in [0.15, 0.2) is 0 Å². The van der Waals surface area contributed by atoms with Crippen molar-refractivity contribution in [1.29, 1.82) is 10.5 Å². The van der Waals surface area contributed by atoms with Crippen molar-refractivity contribution >= 4 is 0 Å². The first-order valence-corrected chi connectivity index (χ1v) is 7.42. The van der Waals surface area contributed by atoms with Gasteiger partial charge in [0.1, 0.15) is 11.5 Å². The quantitative estimate of drug-likeness (QED) is 0.791. The third kappa shape index (κ3) is 5.22. The van der Waals surface area contributed by atoms with Gasteiger partial charge < -0.3 is 20.1 Å². The van der Waals surface area contributed by atoms with Crippen LogP contribution < -0.4 is 0 Å². The molecule has 0 aromatic heterocycles. The third-order valence-electron chi connectivity index (χ3n) is 3.49. The molecule has 0 aliphatic rings. The topological polar surface area (TPSA) is 118 Å². The van der Waals surface area contributed by atoms with E-state index in [1.807, 2.05) is 12.1 Å². The van der Waals surface area contributed by atoms with E-state index < -0.39 is 0 Å². The summed E-state index contributed by atoms with van der Waals surface area (Å²) in [4.78, 5) is 0. The predicted octanol–water partition coefficient (Wildman–Crippen LogP) is 2.78. The average Bonchev–Trinajstić information content (AvgIpc) is 2.61. The first-order chi connectivity index (χ1) is 11.9. The number of benzene rings is 2. The van der Waals surface area contributed by atoms with Crippen LogP contribution in [-0.2, 0) is 18.0 Å². The zero-order valence-corrected chi connectivity index (χ0v) is 14.4. The number of hydrogen-bond acceptors (Lipinski definition) is 6. The second-order valence-electron chi connectivity index (χ2n) is 5.42. The smallest absolute Gasteiger partial charge is 0.124 e. The normalized spacial score (nSPS) is 9.52. The molecule has 3 N–H and O–H groups in total. The van der Waals surface area contributed by atoms with Crippen LogP contribution in [0.5, 0.6) is 11.5 Å². The van der Waals surface area contributed by atoms with E-state index in [4.69, 9.17) is 20.4 Å². The fourth-order valence-corrected chi connectivity index (χ4v) is 2.22. The Kier molecular flexibility index (Phi) is 7.43. The number of aromatic hydroxyl groups is 2. The van der Waals surface area contributed by atoms with Crippen LogP contribution in [-0.4, -0.2) is 22.4 Å². The third-order valence-corrected chi connectivity index (χ3v) is 3.49. The lowest BCUT2D eigenvalue weighted by molar-refractivity contribution is 0.182. The number of phenols is 2. The minimum Gasteiger partial charge on any atom is -0.507 e. The molecule has 6 nitrogen and oxygen atoms in total. The summed E-state index contributed by atoms with van der Waals surface area (Å²) in [5.74, 6) is 0.275. The van der Waals surface area contributed by atoms with Crippen LogP contribution in [0.4, 0.5) is 0 Å². The number of ether oxygens (including phenoxy) is 1. The minimum atomic E-state index is -0.248. The number of nitrogens with zero attached hydrogens (tertiary/aromatic N) is 2. The highest BCUT2D eigenvalue weighted by molar-refractivity contribution is 5.47. The molecular weight excluding hydrogens is 320 g/mol. The number of aliphatic hydroxyl groups excluding tert-OH is 1. The molecule has 0 unspecified atom stereocenters. The molecule has 0 bridgehead atoms. The lowest BCUT2D eigenvalue weighted by atomic mass is 10.1. The summed E-state index contributed by atoms with van der Waals surface area (Å²) in [5.41, 5.74) is 3.35. The molecule has 2 aromatic rings. The van der Waals surface area contributed by atoms with Crippen LogP contribution in [0.15, 0.2) is 24.3 Å². The second-order valence-corrected chi connectivity index (χ2v) is 5.42. The van der Waals surface area contributed by atoms with E-state index in [1.165, 1.54) is 6.07 Å². The molecule has 0 heterocycles. The SMILES string of the molecule is COCc1cc(C#N)cc(C)c1O.Cc1cc(C#N)cc(CO)c1O. The second kappa shape index (κ2) is 9.29. The molecule has 0 amide bonds. The summed E-state index contributed by atoms with van der Waals surface area (Å²) in [5, 5.41) is 44.9. The van der Waals surface area contributed by atoms with E-state index in [0.29, 0.717) is 40.0 Å². The highest BCUT2D eigenvalue weighted by Crippen LogP contribution is 2.24. The van der Waals surface area contributed by atoms with Crippen molar-refractivity contribution in [1.82, 2.24) is 0 Å². The van der Waals surface area contributed by atoms with Crippen LogP contribution >= 0.6 is 0 Å². The molecular formula is C19H20N2O4. The Hall–Kier alpha value is -3.06. The van der Waals surface area contributed by atoms with Gasteiger partial charge in [-0.15, -0.1) is 0 Å². The lowest BCUT2D eigenvalue weighted by Crippen LogP contribution is -1.92. The first kappa shape index (κ1) is 20.0. The van der Waals surface area contributed by atoms with E-state index in [1.54, 1.807) is 39.2 Å². The largest absolute Gasteiger partial charge is 0.507 e. The van der Waals surface area contributed by atoms with Crippen LogP contribution in [0.1, 0.15) is 33.4 Å². The number of hydrogen-bond donors (Lipinski definition) is 3. The summed E-state index contributed by atoms with van der Waals surface area (Å²) < 4.78 is 4.89. The van der Waals surface area contributed by atoms with E-state index in [-0.39, 0.29) is 18.1 Å². The Morgan fingerprint density at radius 1 is 0.880 bits per heavy atom. The number of aryl methyl sites for hydroxylation is 2. The molecule has 2 rings (SSSR count). The van der Waals surface area contributed by atoms with Gasteiger partial charge in [0.2, 0.25) is 0 Å². The molecule has 0 aliphatic heterocycles. The molecule has 0 fully saturated rings. The van der Waals surface area contributed by atoms with Crippen LogP contribution in [0.2, 0.25) is 0 Å². The molecule has 0 saturated heterocycles. The summed E-state index contributed by atoms with van der Waals surface area (Å²) in [6.07, 6.45) is 0. The first-order valence-electron chi connectivity index (χ1n) is 7.42. The van der Waals surface area contributed by atoms with Gasteiger partial charge in [0.25, 0.3) is 0 Å². The van der Waals surface area contributed by atoms with Gasteiger partial charge in [-0.2, -0.15) is 10.5 Å². The fraction of sp³-hybridized carbons (Fsp3) is 0.263. The van der Waals surface area contributed by atoms with Gasteiger partial charge in [-0.05, 0) is 49.2 Å². The van der Waals surface area contributed by atoms with E-state index in [0.717, 1.165) is 0 Å². The van der Waals surface area contributed by atoms with Crippen molar-refractivity contribution in [2.24, 2.45) is 0 Å². The Morgan fingerprint density at radius 3 is 1.72 bits per heavy atom. The Bertz CT molecular complexity index is 833. The monoisotopic (exact) mass is 340 g/mol. The van der Waals surface area contributed by atoms with Crippen molar-refractivity contribution in [3.05, 3.63) is 57.6 Å². The van der Waals surface area contributed by atoms with Gasteiger partial charge in [-0.25, -0.2) is 0 Å². The Morgan fingerprint density at radius 2 is 1.32 bits per heavy atom. The number of methoxy groups -OCH3 is 1. The maximum atomic E-state index is 9.56. The van der Waals surface area contributed by atoms with E-state index >= 15 is 0 Å². The molecule has 0 aliphatic carbocycles. The van der Waals surface area contributed by atoms with Crippen molar-refractivity contribution < 1.29 is 20.1 Å². The Balaban J connectivity index is 0.000000251. The van der Waals surface area contributed by atoms with Crippen molar-refractivity contribution in [2.75, 3.05) is 7.11 Å². The molecule has 0 spiro atoms. The maximum absolute atomic E-state index is 9.56. The van der Waals surface area contributed by atoms with Gasteiger partial charge in [0.05, 0.1) is 36.5 Å². The van der Waals surface area contributed by atoms with Gasteiger partial charge in [-0.3, -0.25) is 0 Å². The van der Waals surface area contributed by atoms with Crippen LogP contribution in [0, 0.1) is 36.5 Å². The standard InChI is InChI=1S/C10H11NO2.C9H9NO2/c1-7-3-8(5-11)4-9(6-13-2)10(7)12;1-6-2-7(4-10)3-8(5-11)9(6)12/h3-4,12H,6H2,1-2H3;2-3,11-12H,5H2,1H3. The molecule has 6 heteroatoms. The van der Waals surface area contributed by atoms with Gasteiger partial charge in [0, 0.05) is 18.2 Å².